The first kappa shape index (κ1) is 23.3. The van der Waals surface area contributed by atoms with Gasteiger partial charge in [0, 0.05) is 24.0 Å². The predicted octanol–water partition coefficient (Wildman–Crippen LogP) is 4.98. The lowest BCUT2D eigenvalue weighted by atomic mass is 9.94. The summed E-state index contributed by atoms with van der Waals surface area (Å²) in [5.41, 5.74) is 2.57. The van der Waals surface area contributed by atoms with Gasteiger partial charge in [0.05, 0.1) is 17.7 Å². The van der Waals surface area contributed by atoms with Gasteiger partial charge in [-0.1, -0.05) is 19.9 Å². The lowest BCUT2D eigenvalue weighted by Gasteiger charge is -2.34. The number of carbonyl (C=O) groups excluding carboxylic acids is 1. The lowest BCUT2D eigenvalue weighted by molar-refractivity contribution is 0.0997. The van der Waals surface area contributed by atoms with Crippen LogP contribution in [0.25, 0.3) is 11.0 Å². The molecule has 0 bridgehead atoms. The molecule has 0 saturated carbocycles. The van der Waals surface area contributed by atoms with E-state index in [2.05, 4.69) is 19.2 Å². The molecule has 1 aromatic heterocycles. The minimum Gasteiger partial charge on any atom is -0.495 e. The molecule has 33 heavy (non-hydrogen) atoms. The molecule has 0 spiro atoms. The van der Waals surface area contributed by atoms with Crippen LogP contribution in [0.2, 0.25) is 0 Å². The number of fused-ring (bicyclic) bond motifs is 1. The van der Waals surface area contributed by atoms with Crippen LogP contribution >= 0.6 is 0 Å². The number of methoxy groups -OCH3 is 1. The van der Waals surface area contributed by atoms with Crippen LogP contribution in [0.15, 0.2) is 45.7 Å². The number of carbonyl (C=O) groups is 1. The van der Waals surface area contributed by atoms with Gasteiger partial charge >= 0.3 is 0 Å². The van der Waals surface area contributed by atoms with Gasteiger partial charge in [-0.2, -0.15) is 4.31 Å². The average molecular weight is 471 g/mol. The van der Waals surface area contributed by atoms with Crippen LogP contribution in [0, 0.1) is 25.7 Å². The van der Waals surface area contributed by atoms with Gasteiger partial charge in [-0.05, 0) is 68.0 Å². The second kappa shape index (κ2) is 8.83. The maximum Gasteiger partial charge on any atom is 0.291 e. The van der Waals surface area contributed by atoms with E-state index in [1.165, 1.54) is 0 Å². The van der Waals surface area contributed by atoms with E-state index in [1.807, 2.05) is 19.1 Å². The van der Waals surface area contributed by atoms with E-state index < -0.39 is 15.9 Å². The number of rotatable bonds is 5. The fourth-order valence-corrected chi connectivity index (χ4v) is 6.33. The van der Waals surface area contributed by atoms with E-state index in [4.69, 9.17) is 9.15 Å². The number of hydrogen-bond acceptors (Lipinski definition) is 5. The summed E-state index contributed by atoms with van der Waals surface area (Å²) in [4.78, 5) is 13.2. The van der Waals surface area contributed by atoms with Crippen molar-refractivity contribution in [3.05, 3.63) is 53.3 Å². The van der Waals surface area contributed by atoms with Crippen molar-refractivity contribution in [1.29, 1.82) is 0 Å². The molecule has 1 saturated heterocycles. The molecule has 1 N–H and O–H groups in total. The number of hydrogen-bond donors (Lipinski definition) is 1. The van der Waals surface area contributed by atoms with Gasteiger partial charge in [0.2, 0.25) is 10.0 Å². The molecule has 4 rings (SSSR count). The Morgan fingerprint density at radius 3 is 2.45 bits per heavy atom. The number of furan rings is 1. The van der Waals surface area contributed by atoms with Crippen molar-refractivity contribution in [3.8, 4) is 5.75 Å². The summed E-state index contributed by atoms with van der Waals surface area (Å²) in [6.45, 7) is 8.87. The zero-order valence-corrected chi connectivity index (χ0v) is 20.5. The van der Waals surface area contributed by atoms with E-state index in [-0.39, 0.29) is 10.7 Å². The predicted molar refractivity (Wildman–Crippen MR) is 128 cm³/mol. The molecule has 2 unspecified atom stereocenters. The van der Waals surface area contributed by atoms with Crippen molar-refractivity contribution in [2.75, 3.05) is 25.5 Å². The maximum atomic E-state index is 13.3. The molecule has 2 atom stereocenters. The van der Waals surface area contributed by atoms with E-state index in [0.717, 1.165) is 12.0 Å². The van der Waals surface area contributed by atoms with E-state index in [0.29, 0.717) is 52.9 Å². The van der Waals surface area contributed by atoms with Crippen LogP contribution in [0.3, 0.4) is 0 Å². The number of amides is 1. The Kier molecular flexibility index (Phi) is 6.24. The second-order valence-electron chi connectivity index (χ2n) is 9.14. The fourth-order valence-electron chi connectivity index (χ4n) is 4.63. The van der Waals surface area contributed by atoms with Gasteiger partial charge in [-0.25, -0.2) is 8.42 Å². The van der Waals surface area contributed by atoms with E-state index in [9.17, 15) is 13.2 Å². The first-order valence-electron chi connectivity index (χ1n) is 11.1. The molecule has 0 radical (unpaired) electrons. The third-order valence-electron chi connectivity index (χ3n) is 6.19. The molecule has 1 amide bonds. The quantitative estimate of drug-likeness (QED) is 0.568. The first-order valence-corrected chi connectivity index (χ1v) is 12.5. The maximum absolute atomic E-state index is 13.3. The van der Waals surface area contributed by atoms with Crippen LogP contribution < -0.4 is 10.1 Å². The zero-order valence-electron chi connectivity index (χ0n) is 19.6. The molecule has 0 aliphatic carbocycles. The Hall–Kier alpha value is -2.84. The highest BCUT2D eigenvalue weighted by Crippen LogP contribution is 2.32. The molecule has 3 aromatic rings. The summed E-state index contributed by atoms with van der Waals surface area (Å²) < 4.78 is 39.4. The summed E-state index contributed by atoms with van der Waals surface area (Å²) >= 11 is 0. The highest BCUT2D eigenvalue weighted by molar-refractivity contribution is 7.89. The summed E-state index contributed by atoms with van der Waals surface area (Å²) in [5, 5.41) is 3.45. The number of nitrogens with one attached hydrogen (secondary N) is 1. The minimum absolute atomic E-state index is 0.142. The SMILES string of the molecule is COc1ccc(C)cc1NC(=O)c1oc2ccc(S(=O)(=O)N3CC(C)CC(C)C3)cc2c1C. The Morgan fingerprint density at radius 1 is 1.09 bits per heavy atom. The van der Waals surface area contributed by atoms with E-state index in [1.54, 1.807) is 42.6 Å². The van der Waals surface area contributed by atoms with Gasteiger partial charge in [0.25, 0.3) is 5.91 Å². The normalized spacial score (nSPS) is 19.5. The van der Waals surface area contributed by atoms with Gasteiger partial charge in [0.15, 0.2) is 5.76 Å². The van der Waals surface area contributed by atoms with Crippen LogP contribution in [0.1, 0.15) is 41.9 Å². The van der Waals surface area contributed by atoms with Crippen LogP contribution in [0.5, 0.6) is 5.75 Å². The van der Waals surface area contributed by atoms with Crippen molar-refractivity contribution < 1.29 is 22.4 Å². The summed E-state index contributed by atoms with van der Waals surface area (Å²) in [5.74, 6) is 0.897. The molecule has 176 valence electrons. The average Bonchev–Trinajstić information content (AvgIpc) is 3.09. The summed E-state index contributed by atoms with van der Waals surface area (Å²) in [6, 6.07) is 10.3. The van der Waals surface area contributed by atoms with Gasteiger partial charge < -0.3 is 14.5 Å². The minimum atomic E-state index is -3.63. The van der Waals surface area contributed by atoms with Crippen molar-refractivity contribution >= 4 is 32.6 Å². The van der Waals surface area contributed by atoms with Crippen molar-refractivity contribution in [2.45, 2.75) is 39.0 Å². The first-order chi connectivity index (χ1) is 15.6. The van der Waals surface area contributed by atoms with Crippen molar-refractivity contribution in [3.63, 3.8) is 0 Å². The monoisotopic (exact) mass is 470 g/mol. The van der Waals surface area contributed by atoms with Crippen LogP contribution in [-0.2, 0) is 10.0 Å². The molecule has 1 fully saturated rings. The number of anilines is 1. The number of benzene rings is 2. The molecule has 1 aliphatic heterocycles. The van der Waals surface area contributed by atoms with Crippen LogP contribution in [0.4, 0.5) is 5.69 Å². The van der Waals surface area contributed by atoms with Crippen molar-refractivity contribution in [2.24, 2.45) is 11.8 Å². The highest BCUT2D eigenvalue weighted by atomic mass is 32.2. The Balaban J connectivity index is 1.66. The molecular formula is C25H30N2O5S. The summed E-state index contributed by atoms with van der Waals surface area (Å²) in [6.07, 6.45) is 1.02. The molecule has 8 heteroatoms. The standard InChI is InChI=1S/C25H30N2O5S/c1-15-6-8-23(31-5)21(11-15)26-25(28)24-18(4)20-12-19(7-9-22(20)32-24)33(29,30)27-13-16(2)10-17(3)14-27/h6-9,11-12,16-17H,10,13-14H2,1-5H3,(H,26,28). The Labute approximate surface area is 194 Å². The van der Waals surface area contributed by atoms with Gasteiger partial charge in [-0.15, -0.1) is 0 Å². The number of piperidine rings is 1. The molecule has 1 aliphatic rings. The number of ether oxygens (including phenoxy) is 1. The van der Waals surface area contributed by atoms with Gasteiger partial charge in [0.1, 0.15) is 11.3 Å². The summed E-state index contributed by atoms with van der Waals surface area (Å²) in [7, 11) is -2.09. The number of nitrogens with zero attached hydrogens (tertiary/aromatic N) is 1. The molecular weight excluding hydrogens is 440 g/mol. The molecule has 2 aromatic carbocycles. The topological polar surface area (TPSA) is 88.8 Å². The Bertz CT molecular complexity index is 1300. The fraction of sp³-hybridized carbons (Fsp3) is 0.400. The van der Waals surface area contributed by atoms with Crippen molar-refractivity contribution in [1.82, 2.24) is 4.31 Å². The zero-order chi connectivity index (χ0) is 23.9. The largest absolute Gasteiger partial charge is 0.495 e. The second-order valence-corrected chi connectivity index (χ2v) is 11.1. The molecule has 2 heterocycles. The Morgan fingerprint density at radius 2 is 1.79 bits per heavy atom. The van der Waals surface area contributed by atoms with Crippen LogP contribution in [-0.4, -0.2) is 38.8 Å². The smallest absolute Gasteiger partial charge is 0.291 e. The third kappa shape index (κ3) is 4.50. The highest BCUT2D eigenvalue weighted by Gasteiger charge is 2.32. The number of sulfonamides is 1. The number of aryl methyl sites for hydroxylation is 2. The van der Waals surface area contributed by atoms with Gasteiger partial charge in [-0.3, -0.25) is 4.79 Å². The van der Waals surface area contributed by atoms with E-state index >= 15 is 0 Å². The third-order valence-corrected chi connectivity index (χ3v) is 8.02. The molecule has 7 nitrogen and oxygen atoms in total. The lowest BCUT2D eigenvalue weighted by Crippen LogP contribution is -2.42.